The number of amides is 2. The number of likely N-dealkylation sites (tertiary alicyclic amines) is 1. The van der Waals surface area contributed by atoms with Gasteiger partial charge in [-0.3, -0.25) is 14.5 Å². The van der Waals surface area contributed by atoms with Gasteiger partial charge in [0, 0.05) is 13.0 Å². The normalized spacial score (nSPS) is 27.3. The van der Waals surface area contributed by atoms with Gasteiger partial charge in [0.05, 0.1) is 35.2 Å². The lowest BCUT2D eigenvalue weighted by molar-refractivity contribution is -0.138. The van der Waals surface area contributed by atoms with Crippen LogP contribution < -0.4 is 4.74 Å². The van der Waals surface area contributed by atoms with Crippen LogP contribution in [0.25, 0.3) is 6.08 Å². The van der Waals surface area contributed by atoms with Gasteiger partial charge in [0.1, 0.15) is 0 Å². The molecule has 1 aromatic carbocycles. The molecule has 0 saturated carbocycles. The topological polar surface area (TPSA) is 76.1 Å². The van der Waals surface area contributed by atoms with E-state index in [0.29, 0.717) is 18.8 Å². The predicted octanol–water partition coefficient (Wildman–Crippen LogP) is 4.94. The van der Waals surface area contributed by atoms with E-state index in [1.807, 2.05) is 12.1 Å². The molecule has 7 heteroatoms. The van der Waals surface area contributed by atoms with Crippen LogP contribution in [0, 0.1) is 21.3 Å². The summed E-state index contributed by atoms with van der Waals surface area (Å²) in [5.41, 5.74) is 4.89. The fraction of sp³-hybridized carbons (Fsp3) is 0.538. The van der Waals surface area contributed by atoms with Gasteiger partial charge in [-0.2, -0.15) is 0 Å². The zero-order chi connectivity index (χ0) is 23.9. The van der Waals surface area contributed by atoms with Crippen LogP contribution in [0.1, 0.15) is 51.5 Å². The lowest BCUT2D eigenvalue weighted by Gasteiger charge is -2.31. The molecule has 2 aliphatic heterocycles. The summed E-state index contributed by atoms with van der Waals surface area (Å²) in [7, 11) is 3.17. The van der Waals surface area contributed by atoms with Crippen LogP contribution >= 0.6 is 22.6 Å². The number of phenols is 1. The molecule has 0 radical (unpaired) electrons. The lowest BCUT2D eigenvalue weighted by atomic mass is 9.69. The van der Waals surface area contributed by atoms with Crippen LogP contribution in [0.2, 0.25) is 0 Å². The van der Waals surface area contributed by atoms with Gasteiger partial charge in [-0.25, -0.2) is 0 Å². The van der Waals surface area contributed by atoms with Crippen LogP contribution in [0.4, 0.5) is 0 Å². The summed E-state index contributed by atoms with van der Waals surface area (Å²) in [5, 5.41) is 10.1. The molecule has 0 aromatic heterocycles. The van der Waals surface area contributed by atoms with Crippen LogP contribution in [-0.4, -0.2) is 48.7 Å². The molecule has 0 unspecified atom stereocenters. The van der Waals surface area contributed by atoms with Gasteiger partial charge in [0.2, 0.25) is 11.8 Å². The molecule has 2 amide bonds. The van der Waals surface area contributed by atoms with Crippen LogP contribution in [-0.2, 0) is 14.3 Å². The first-order valence-corrected chi connectivity index (χ1v) is 12.8. The number of allylic oxidation sites excluding steroid dienone is 2. The molecule has 2 heterocycles. The summed E-state index contributed by atoms with van der Waals surface area (Å²) >= 11 is 2.11. The molecule has 1 aromatic rings. The molecule has 4 atom stereocenters. The van der Waals surface area contributed by atoms with Crippen molar-refractivity contribution in [2.24, 2.45) is 17.8 Å². The zero-order valence-corrected chi connectivity index (χ0v) is 21.8. The van der Waals surface area contributed by atoms with Gasteiger partial charge in [0.25, 0.3) is 0 Å². The van der Waals surface area contributed by atoms with E-state index in [2.05, 4.69) is 42.5 Å². The predicted molar refractivity (Wildman–Crippen MR) is 135 cm³/mol. The Hall–Kier alpha value is -1.87. The molecule has 178 valence electrons. The number of ether oxygens (including phenoxy) is 2. The summed E-state index contributed by atoms with van der Waals surface area (Å²) in [6, 6.07) is 3.81. The molecular weight excluding hydrogens is 533 g/mol. The van der Waals surface area contributed by atoms with Crippen molar-refractivity contribution >= 4 is 40.5 Å². The van der Waals surface area contributed by atoms with E-state index >= 15 is 0 Å². The summed E-state index contributed by atoms with van der Waals surface area (Å²) in [6.45, 7) is 4.81. The summed E-state index contributed by atoms with van der Waals surface area (Å²) in [5.74, 6) is 0.115. The first kappa shape index (κ1) is 24.3. The largest absolute Gasteiger partial charge is 0.504 e. The van der Waals surface area contributed by atoms with E-state index in [-0.39, 0.29) is 41.4 Å². The number of methoxy groups -OCH3 is 1. The van der Waals surface area contributed by atoms with Gasteiger partial charge in [0.15, 0.2) is 11.5 Å². The summed E-state index contributed by atoms with van der Waals surface area (Å²) in [4.78, 5) is 26.7. The first-order chi connectivity index (χ1) is 15.8. The Balaban J connectivity index is 1.53. The van der Waals surface area contributed by atoms with Crippen molar-refractivity contribution in [3.05, 3.63) is 38.0 Å². The third kappa shape index (κ3) is 4.34. The Bertz CT molecular complexity index is 1030. The number of benzene rings is 1. The van der Waals surface area contributed by atoms with E-state index < -0.39 is 0 Å². The monoisotopic (exact) mass is 565 g/mol. The van der Waals surface area contributed by atoms with Gasteiger partial charge >= 0.3 is 0 Å². The number of rotatable bonds is 7. The number of fused-ring (bicyclic) bond motifs is 3. The van der Waals surface area contributed by atoms with Crippen molar-refractivity contribution in [1.29, 1.82) is 0 Å². The number of hydrogen-bond donors (Lipinski definition) is 1. The van der Waals surface area contributed by atoms with Gasteiger partial charge < -0.3 is 14.6 Å². The minimum absolute atomic E-state index is 0.00384. The highest BCUT2D eigenvalue weighted by Crippen LogP contribution is 2.50. The van der Waals surface area contributed by atoms with Crippen LogP contribution in [0.3, 0.4) is 0 Å². The van der Waals surface area contributed by atoms with Crippen LogP contribution in [0.5, 0.6) is 11.5 Å². The Kier molecular flexibility index (Phi) is 7.19. The van der Waals surface area contributed by atoms with Gasteiger partial charge in [-0.1, -0.05) is 31.1 Å². The maximum absolute atomic E-state index is 12.8. The Morgan fingerprint density at radius 1 is 1.27 bits per heavy atom. The van der Waals surface area contributed by atoms with Crippen molar-refractivity contribution in [3.8, 4) is 11.5 Å². The summed E-state index contributed by atoms with van der Waals surface area (Å²) < 4.78 is 12.3. The molecule has 3 aliphatic rings. The molecule has 4 rings (SSSR count). The van der Waals surface area contributed by atoms with E-state index in [4.69, 9.17) is 9.47 Å². The minimum Gasteiger partial charge on any atom is -0.504 e. The number of halogens is 1. The SMILES string of the molecule is CCC1=C2[C@@H](CC/C(=C/c3cc(I)c(O)c(OC)c3)CC)OC[C@@H]2[C@@H]2C(=O)N(C)C(=O)[C@@H]2C1. The number of hydrogen-bond acceptors (Lipinski definition) is 5. The van der Waals surface area contributed by atoms with Crippen LogP contribution in [0.15, 0.2) is 28.9 Å². The van der Waals surface area contributed by atoms with Crippen molar-refractivity contribution in [1.82, 2.24) is 4.90 Å². The average molecular weight is 565 g/mol. The van der Waals surface area contributed by atoms with Gasteiger partial charge in [-0.15, -0.1) is 0 Å². The molecule has 0 bridgehead atoms. The molecule has 6 nitrogen and oxygen atoms in total. The first-order valence-electron chi connectivity index (χ1n) is 11.7. The van der Waals surface area contributed by atoms with Crippen molar-refractivity contribution < 1.29 is 24.2 Å². The van der Waals surface area contributed by atoms with Crippen molar-refractivity contribution in [2.75, 3.05) is 20.8 Å². The van der Waals surface area contributed by atoms with E-state index in [1.165, 1.54) is 21.6 Å². The second kappa shape index (κ2) is 9.78. The second-order valence-electron chi connectivity index (χ2n) is 9.16. The van der Waals surface area contributed by atoms with Gasteiger partial charge in [-0.05, 0) is 78.0 Å². The Morgan fingerprint density at radius 2 is 2.03 bits per heavy atom. The molecule has 1 N–H and O–H groups in total. The maximum atomic E-state index is 12.8. The number of nitrogens with zero attached hydrogens (tertiary/aromatic N) is 1. The smallest absolute Gasteiger partial charge is 0.233 e. The molecule has 33 heavy (non-hydrogen) atoms. The Morgan fingerprint density at radius 3 is 2.70 bits per heavy atom. The number of carbonyl (C=O) groups is 2. The average Bonchev–Trinajstić information content (AvgIpc) is 3.33. The molecule has 2 fully saturated rings. The Labute approximate surface area is 209 Å². The van der Waals surface area contributed by atoms with E-state index in [1.54, 1.807) is 14.2 Å². The van der Waals surface area contributed by atoms with Crippen molar-refractivity contribution in [2.45, 2.75) is 52.1 Å². The lowest BCUT2D eigenvalue weighted by Crippen LogP contribution is -2.33. The second-order valence-corrected chi connectivity index (χ2v) is 10.3. The quantitative estimate of drug-likeness (QED) is 0.288. The molecule has 0 spiro atoms. The highest BCUT2D eigenvalue weighted by atomic mass is 127. The minimum atomic E-state index is -0.259. The van der Waals surface area contributed by atoms with E-state index in [9.17, 15) is 14.7 Å². The fourth-order valence-corrected chi connectivity index (χ4v) is 6.33. The number of phenolic OH excluding ortho intramolecular Hbond substituents is 1. The highest BCUT2D eigenvalue weighted by Gasteiger charge is 2.55. The fourth-order valence-electron chi connectivity index (χ4n) is 5.71. The zero-order valence-electron chi connectivity index (χ0n) is 19.7. The molecular formula is C26H32INO5. The third-order valence-electron chi connectivity index (χ3n) is 7.48. The van der Waals surface area contributed by atoms with Crippen molar-refractivity contribution in [3.63, 3.8) is 0 Å². The molecule has 2 saturated heterocycles. The maximum Gasteiger partial charge on any atom is 0.233 e. The summed E-state index contributed by atoms with van der Waals surface area (Å²) in [6.07, 6.45) is 6.40. The standard InChI is InChI=1S/C26H32INO5/c1-5-14(9-15-10-19(27)24(29)21(11-15)32-4)7-8-20-22-16(6-2)12-17-23(18(22)13-33-20)26(31)28(3)25(17)30/h9-11,17-18,20,23,29H,5-8,12-13H2,1-4H3/b14-9+/t17-,18+,20-,23-/m1/s1. The molecule has 1 aliphatic carbocycles. The number of aromatic hydroxyl groups is 1. The number of imide groups is 1. The highest BCUT2D eigenvalue weighted by molar-refractivity contribution is 14.1. The third-order valence-corrected chi connectivity index (χ3v) is 8.30. The van der Waals surface area contributed by atoms with E-state index in [0.717, 1.165) is 34.8 Å². The number of carbonyl (C=O) groups excluding carboxylic acids is 2.